The monoisotopic (exact) mass is 523 g/mol. The van der Waals surface area contributed by atoms with Crippen molar-refractivity contribution in [3.8, 4) is 22.8 Å². The molecule has 2 heterocycles. The van der Waals surface area contributed by atoms with Crippen LogP contribution >= 0.6 is 0 Å². The standard InChI is InChI=1S/C33H37N3O3/c1-5-6-7-8-17-39-26-15-13-25(14-16-26)32-29-30(28-23(4)18-22(3)19-27(28)37)34-35-31(29)33(38)36(32)20-24-11-9-21(2)10-12-24/h9-16,18-19,32,37H,5-8,17,20H2,1-4H3,(H,34,35). The van der Waals surface area contributed by atoms with Gasteiger partial charge in [0.1, 0.15) is 22.9 Å². The van der Waals surface area contributed by atoms with Gasteiger partial charge in [-0.3, -0.25) is 9.89 Å². The summed E-state index contributed by atoms with van der Waals surface area (Å²) in [7, 11) is 0. The maximum Gasteiger partial charge on any atom is 0.273 e. The summed E-state index contributed by atoms with van der Waals surface area (Å²) in [5, 5.41) is 18.5. The average Bonchev–Trinajstić information content (AvgIpc) is 3.44. The number of amides is 1. The van der Waals surface area contributed by atoms with Crippen LogP contribution in [0.1, 0.15) is 82.5 Å². The Morgan fingerprint density at radius 3 is 2.38 bits per heavy atom. The number of H-pyrrole nitrogens is 1. The number of nitrogens with zero attached hydrogens (tertiary/aromatic N) is 2. The Morgan fingerprint density at radius 1 is 0.949 bits per heavy atom. The molecule has 1 aliphatic heterocycles. The number of phenols is 1. The van der Waals surface area contributed by atoms with Crippen LogP contribution in [0.3, 0.4) is 0 Å². The van der Waals surface area contributed by atoms with Crippen LogP contribution in [0.15, 0.2) is 60.7 Å². The van der Waals surface area contributed by atoms with Gasteiger partial charge in [0.05, 0.1) is 12.6 Å². The summed E-state index contributed by atoms with van der Waals surface area (Å²) in [4.78, 5) is 15.7. The third-order valence-electron chi connectivity index (χ3n) is 7.50. The number of carbonyl (C=O) groups is 1. The lowest BCUT2D eigenvalue weighted by Crippen LogP contribution is -2.29. The topological polar surface area (TPSA) is 78.5 Å². The van der Waals surface area contributed by atoms with Crippen LogP contribution in [0.25, 0.3) is 11.3 Å². The number of fused-ring (bicyclic) bond motifs is 1. The summed E-state index contributed by atoms with van der Waals surface area (Å²) in [6, 6.07) is 19.7. The minimum absolute atomic E-state index is 0.102. The molecule has 0 saturated heterocycles. The van der Waals surface area contributed by atoms with Crippen molar-refractivity contribution in [2.75, 3.05) is 6.61 Å². The lowest BCUT2D eigenvalue weighted by Gasteiger charge is -2.27. The number of nitrogens with one attached hydrogen (secondary N) is 1. The first kappa shape index (κ1) is 26.5. The molecule has 0 fully saturated rings. The molecule has 0 saturated carbocycles. The van der Waals surface area contributed by atoms with E-state index in [0.717, 1.165) is 40.0 Å². The van der Waals surface area contributed by atoms with Crippen molar-refractivity contribution in [1.82, 2.24) is 15.1 Å². The van der Waals surface area contributed by atoms with E-state index in [4.69, 9.17) is 4.74 Å². The zero-order valence-electron chi connectivity index (χ0n) is 23.3. The number of hydrogen-bond donors (Lipinski definition) is 2. The van der Waals surface area contributed by atoms with Gasteiger partial charge in [0.15, 0.2) is 0 Å². The number of phenolic OH excluding ortho intramolecular Hbond substituents is 1. The molecule has 0 aliphatic carbocycles. The van der Waals surface area contributed by atoms with Crippen molar-refractivity contribution in [3.63, 3.8) is 0 Å². The van der Waals surface area contributed by atoms with Crippen LogP contribution < -0.4 is 4.74 Å². The van der Waals surface area contributed by atoms with Gasteiger partial charge in [0.25, 0.3) is 5.91 Å². The Balaban J connectivity index is 1.53. The predicted octanol–water partition coefficient (Wildman–Crippen LogP) is 7.41. The fraction of sp³-hybridized carbons (Fsp3) is 0.333. The number of aromatic hydroxyl groups is 1. The SMILES string of the molecule is CCCCCCOc1ccc(C2c3c(-c4c(C)cc(C)cc4O)n[nH]c3C(=O)N2Cc2ccc(C)cc2)cc1. The summed E-state index contributed by atoms with van der Waals surface area (Å²) in [6.45, 7) is 9.33. The number of aryl methyl sites for hydroxylation is 3. The highest BCUT2D eigenvalue weighted by molar-refractivity contribution is 6.00. The lowest BCUT2D eigenvalue weighted by molar-refractivity contribution is 0.0730. The molecule has 1 aliphatic rings. The molecule has 0 bridgehead atoms. The highest BCUT2D eigenvalue weighted by Gasteiger charge is 2.42. The van der Waals surface area contributed by atoms with Gasteiger partial charge in [-0.1, -0.05) is 74.2 Å². The molecule has 0 spiro atoms. The van der Waals surface area contributed by atoms with Crippen LogP contribution in [-0.2, 0) is 6.54 Å². The van der Waals surface area contributed by atoms with E-state index in [0.29, 0.717) is 30.1 Å². The molecule has 3 aromatic carbocycles. The molecule has 6 heteroatoms. The Labute approximate surface area is 230 Å². The van der Waals surface area contributed by atoms with Crippen molar-refractivity contribution in [2.45, 2.75) is 66.0 Å². The first-order valence-electron chi connectivity index (χ1n) is 13.9. The molecule has 1 atom stereocenters. The number of rotatable bonds is 10. The van der Waals surface area contributed by atoms with Gasteiger partial charge in [0, 0.05) is 17.7 Å². The van der Waals surface area contributed by atoms with E-state index in [2.05, 4.69) is 48.3 Å². The van der Waals surface area contributed by atoms with E-state index in [-0.39, 0.29) is 17.7 Å². The van der Waals surface area contributed by atoms with Gasteiger partial charge < -0.3 is 14.7 Å². The number of hydrogen-bond acceptors (Lipinski definition) is 4. The van der Waals surface area contributed by atoms with Gasteiger partial charge in [-0.2, -0.15) is 5.10 Å². The Morgan fingerprint density at radius 2 is 1.69 bits per heavy atom. The second kappa shape index (κ2) is 11.4. The molecule has 1 amide bonds. The lowest BCUT2D eigenvalue weighted by atomic mass is 9.93. The first-order valence-corrected chi connectivity index (χ1v) is 13.9. The highest BCUT2D eigenvalue weighted by atomic mass is 16.5. The van der Waals surface area contributed by atoms with Crippen LogP contribution in [0, 0.1) is 20.8 Å². The molecule has 39 heavy (non-hydrogen) atoms. The van der Waals surface area contributed by atoms with Gasteiger partial charge in [-0.25, -0.2) is 0 Å². The molecule has 202 valence electrons. The minimum Gasteiger partial charge on any atom is -0.507 e. The number of benzene rings is 3. The van der Waals surface area contributed by atoms with Crippen molar-refractivity contribution in [1.29, 1.82) is 0 Å². The number of unbranched alkanes of at least 4 members (excludes halogenated alkanes) is 3. The predicted molar refractivity (Wildman–Crippen MR) is 154 cm³/mol. The fourth-order valence-corrected chi connectivity index (χ4v) is 5.51. The van der Waals surface area contributed by atoms with Gasteiger partial charge in [-0.05, 0) is 67.6 Å². The second-order valence-electron chi connectivity index (χ2n) is 10.6. The third-order valence-corrected chi connectivity index (χ3v) is 7.50. The van der Waals surface area contributed by atoms with E-state index in [1.165, 1.54) is 24.8 Å². The van der Waals surface area contributed by atoms with Crippen molar-refractivity contribution in [3.05, 3.63) is 99.7 Å². The van der Waals surface area contributed by atoms with E-state index in [1.807, 2.05) is 49.1 Å². The number of aromatic nitrogens is 2. The number of ether oxygens (including phenoxy) is 1. The smallest absolute Gasteiger partial charge is 0.273 e. The Hall–Kier alpha value is -4.06. The quantitative estimate of drug-likeness (QED) is 0.212. The fourth-order valence-electron chi connectivity index (χ4n) is 5.51. The average molecular weight is 524 g/mol. The number of aromatic amines is 1. The summed E-state index contributed by atoms with van der Waals surface area (Å²) in [5.41, 5.74) is 7.62. The summed E-state index contributed by atoms with van der Waals surface area (Å²) in [6.07, 6.45) is 4.63. The first-order chi connectivity index (χ1) is 18.9. The van der Waals surface area contributed by atoms with Gasteiger partial charge in [-0.15, -0.1) is 0 Å². The largest absolute Gasteiger partial charge is 0.507 e. The maximum absolute atomic E-state index is 13.8. The van der Waals surface area contributed by atoms with Crippen molar-refractivity contribution in [2.24, 2.45) is 0 Å². The van der Waals surface area contributed by atoms with E-state index < -0.39 is 0 Å². The summed E-state index contributed by atoms with van der Waals surface area (Å²) < 4.78 is 5.98. The Bertz CT molecular complexity index is 1430. The molecular weight excluding hydrogens is 486 g/mol. The maximum atomic E-state index is 13.8. The zero-order chi connectivity index (χ0) is 27.5. The molecule has 5 rings (SSSR count). The molecule has 1 aromatic heterocycles. The molecule has 2 N–H and O–H groups in total. The molecule has 4 aromatic rings. The van der Waals surface area contributed by atoms with E-state index >= 15 is 0 Å². The third kappa shape index (κ3) is 5.42. The van der Waals surface area contributed by atoms with Crippen molar-refractivity contribution >= 4 is 5.91 Å². The highest BCUT2D eigenvalue weighted by Crippen LogP contribution is 2.46. The van der Waals surface area contributed by atoms with E-state index in [9.17, 15) is 9.90 Å². The van der Waals surface area contributed by atoms with Crippen molar-refractivity contribution < 1.29 is 14.6 Å². The molecular formula is C33H37N3O3. The van der Waals surface area contributed by atoms with Crippen LogP contribution in [0.5, 0.6) is 11.5 Å². The Kier molecular flexibility index (Phi) is 7.73. The van der Waals surface area contributed by atoms with Gasteiger partial charge in [0.2, 0.25) is 0 Å². The van der Waals surface area contributed by atoms with Gasteiger partial charge >= 0.3 is 0 Å². The molecule has 1 unspecified atom stereocenters. The van der Waals surface area contributed by atoms with Crippen LogP contribution in [0.2, 0.25) is 0 Å². The second-order valence-corrected chi connectivity index (χ2v) is 10.6. The molecule has 0 radical (unpaired) electrons. The van der Waals surface area contributed by atoms with E-state index in [1.54, 1.807) is 6.07 Å². The minimum atomic E-state index is -0.360. The summed E-state index contributed by atoms with van der Waals surface area (Å²) >= 11 is 0. The van der Waals surface area contributed by atoms with Crippen LogP contribution in [0.4, 0.5) is 0 Å². The van der Waals surface area contributed by atoms with Crippen LogP contribution in [-0.4, -0.2) is 32.7 Å². The number of carbonyl (C=O) groups excluding carboxylic acids is 1. The zero-order valence-corrected chi connectivity index (χ0v) is 23.3. The molecule has 6 nitrogen and oxygen atoms in total. The summed E-state index contributed by atoms with van der Waals surface area (Å²) in [5.74, 6) is 0.885. The normalized spacial score (nSPS) is 14.6.